The molecule has 0 spiro atoms. The summed E-state index contributed by atoms with van der Waals surface area (Å²) < 4.78 is 12.1. The van der Waals surface area contributed by atoms with Crippen LogP contribution in [-0.4, -0.2) is 46.2 Å². The molecule has 1 N–H and O–H groups in total. The number of rotatable bonds is 7. The van der Waals surface area contributed by atoms with Crippen molar-refractivity contribution in [2.45, 2.75) is 96.0 Å². The van der Waals surface area contributed by atoms with Gasteiger partial charge in [-0.1, -0.05) is 11.6 Å². The molecule has 5 heteroatoms. The van der Waals surface area contributed by atoms with Crippen LogP contribution in [0, 0.1) is 17.8 Å². The summed E-state index contributed by atoms with van der Waals surface area (Å²) >= 11 is 0. The molecule has 5 nitrogen and oxygen atoms in total. The number of ether oxygens (including phenoxy) is 2. The van der Waals surface area contributed by atoms with Gasteiger partial charge in [-0.05, 0) is 96.8 Å². The van der Waals surface area contributed by atoms with Gasteiger partial charge in [0.15, 0.2) is 11.3 Å². The Bertz CT molecular complexity index is 616. The summed E-state index contributed by atoms with van der Waals surface area (Å²) in [6.45, 7) is 8.49. The highest BCUT2D eigenvalue weighted by Gasteiger charge is 2.59. The second-order valence-electron chi connectivity index (χ2n) is 10.5. The van der Waals surface area contributed by atoms with E-state index in [0.29, 0.717) is 19.6 Å². The first-order valence-electron chi connectivity index (χ1n) is 11.1. The Balaban J connectivity index is 1.36. The number of nitrogens with zero attached hydrogens (tertiary/aromatic N) is 1. The Morgan fingerprint density at radius 3 is 2.29 bits per heavy atom. The second-order valence-corrected chi connectivity index (χ2v) is 10.5. The molecular formula is C23H37NO4. The fourth-order valence-electron chi connectivity index (χ4n) is 6.60. The van der Waals surface area contributed by atoms with E-state index >= 15 is 0 Å². The molecule has 4 saturated carbocycles. The number of hydrogen-bond acceptors (Lipinski definition) is 4. The van der Waals surface area contributed by atoms with Crippen molar-refractivity contribution in [3.63, 3.8) is 0 Å². The Labute approximate surface area is 169 Å². The minimum atomic E-state index is -1.33. The minimum Gasteiger partial charge on any atom is -0.438 e. The number of hydrogen-bond donors (Lipinski definition) is 1. The lowest BCUT2D eigenvalue weighted by Crippen LogP contribution is -2.56. The lowest BCUT2D eigenvalue weighted by Gasteiger charge is -2.56. The highest BCUT2D eigenvalue weighted by Crippen LogP contribution is 2.57. The second kappa shape index (κ2) is 7.02. The maximum absolute atomic E-state index is 12.5. The first-order valence-corrected chi connectivity index (χ1v) is 11.1. The van der Waals surface area contributed by atoms with E-state index in [0.717, 1.165) is 24.2 Å². The first kappa shape index (κ1) is 20.2. The molecule has 0 aromatic rings. The summed E-state index contributed by atoms with van der Waals surface area (Å²) in [5.41, 5.74) is -0.980. The summed E-state index contributed by atoms with van der Waals surface area (Å²) in [6.07, 6.45) is 10.8. The number of amides is 1. The molecule has 28 heavy (non-hydrogen) atoms. The van der Waals surface area contributed by atoms with E-state index < -0.39 is 17.4 Å². The Morgan fingerprint density at radius 2 is 1.75 bits per heavy atom. The number of carbonyl (C=O) groups is 1. The summed E-state index contributed by atoms with van der Waals surface area (Å²) in [4.78, 5) is 14.0. The summed E-state index contributed by atoms with van der Waals surface area (Å²) in [7, 11) is 0. The molecule has 4 aliphatic carbocycles. The van der Waals surface area contributed by atoms with Crippen LogP contribution in [0.2, 0.25) is 0 Å². The number of carbonyl (C=O) groups excluding carboxylic acids is 1. The molecule has 2 atom stereocenters. The molecule has 1 aliphatic heterocycles. The number of allylic oxidation sites excluding steroid dienone is 2. The van der Waals surface area contributed by atoms with Crippen molar-refractivity contribution in [1.82, 2.24) is 4.90 Å². The molecule has 0 aromatic heterocycles. The van der Waals surface area contributed by atoms with Gasteiger partial charge in [0.05, 0.1) is 18.8 Å². The van der Waals surface area contributed by atoms with Gasteiger partial charge in [0.25, 0.3) is 0 Å². The molecule has 1 amide bonds. The van der Waals surface area contributed by atoms with E-state index in [1.807, 2.05) is 6.92 Å². The van der Waals surface area contributed by atoms with Crippen LogP contribution in [0.5, 0.6) is 0 Å². The minimum absolute atomic E-state index is 0.0248. The van der Waals surface area contributed by atoms with Gasteiger partial charge >= 0.3 is 6.09 Å². The van der Waals surface area contributed by atoms with Crippen LogP contribution in [0.15, 0.2) is 11.6 Å². The molecule has 5 fully saturated rings. The molecule has 158 valence electrons. The van der Waals surface area contributed by atoms with E-state index in [1.165, 1.54) is 49.0 Å². The molecule has 5 aliphatic rings. The van der Waals surface area contributed by atoms with E-state index in [-0.39, 0.29) is 5.60 Å². The van der Waals surface area contributed by atoms with E-state index in [9.17, 15) is 9.90 Å². The third kappa shape index (κ3) is 3.49. The Hall–Kier alpha value is -1.07. The zero-order valence-electron chi connectivity index (χ0n) is 18.0. The summed E-state index contributed by atoms with van der Waals surface area (Å²) in [5.74, 6) is 2.51. The topological polar surface area (TPSA) is 59.0 Å². The lowest BCUT2D eigenvalue weighted by molar-refractivity contribution is -0.175. The molecule has 1 saturated heterocycles. The Kier molecular flexibility index (Phi) is 5.06. The van der Waals surface area contributed by atoms with Gasteiger partial charge in [-0.15, -0.1) is 0 Å². The first-order chi connectivity index (χ1) is 13.1. The maximum atomic E-state index is 12.5. The monoisotopic (exact) mass is 391 g/mol. The van der Waals surface area contributed by atoms with Crippen molar-refractivity contribution < 1.29 is 19.4 Å². The van der Waals surface area contributed by atoms with Crippen molar-refractivity contribution in [2.24, 2.45) is 17.8 Å². The van der Waals surface area contributed by atoms with Crippen LogP contribution in [0.4, 0.5) is 4.79 Å². The maximum Gasteiger partial charge on any atom is 0.412 e. The summed E-state index contributed by atoms with van der Waals surface area (Å²) in [5, 5.41) is 11.2. The van der Waals surface area contributed by atoms with Crippen molar-refractivity contribution in [2.75, 3.05) is 13.2 Å². The average molecular weight is 392 g/mol. The molecule has 0 aromatic carbocycles. The van der Waals surface area contributed by atoms with Gasteiger partial charge in [0.1, 0.15) is 0 Å². The smallest absolute Gasteiger partial charge is 0.412 e. The van der Waals surface area contributed by atoms with E-state index in [4.69, 9.17) is 9.47 Å². The van der Waals surface area contributed by atoms with Crippen molar-refractivity contribution in [3.8, 4) is 0 Å². The number of cyclic esters (lactones) is 1. The van der Waals surface area contributed by atoms with Gasteiger partial charge in [-0.2, -0.15) is 0 Å². The largest absolute Gasteiger partial charge is 0.438 e. The van der Waals surface area contributed by atoms with Crippen LogP contribution in [0.1, 0.15) is 79.1 Å². The normalized spacial score (nSPS) is 44.1. The fourth-order valence-corrected chi connectivity index (χ4v) is 6.60. The van der Waals surface area contributed by atoms with Crippen LogP contribution < -0.4 is 0 Å². The molecule has 0 radical (unpaired) electrons. The van der Waals surface area contributed by atoms with Crippen molar-refractivity contribution >= 4 is 6.09 Å². The van der Waals surface area contributed by atoms with Crippen molar-refractivity contribution in [3.05, 3.63) is 11.6 Å². The van der Waals surface area contributed by atoms with Gasteiger partial charge in [0, 0.05) is 0 Å². The van der Waals surface area contributed by atoms with Crippen LogP contribution in [0.3, 0.4) is 0 Å². The standard InChI is InChI=1S/C23H37NO4/c1-16(2)6-5-7-21(3)22(4,26)24(20(25)28-21)8-9-27-23-13-17-10-18(14-23)12-19(11-17)15-23/h6,17-19,26H,5,7-15H2,1-4H3/t17?,18?,19?,21-,22+,23?/m1/s1. The fraction of sp³-hybridized carbons (Fsp3) is 0.870. The van der Waals surface area contributed by atoms with Crippen LogP contribution in [-0.2, 0) is 9.47 Å². The van der Waals surface area contributed by atoms with Gasteiger partial charge in [-0.25, -0.2) is 4.79 Å². The molecular weight excluding hydrogens is 354 g/mol. The molecule has 4 bridgehead atoms. The number of aliphatic hydroxyl groups is 1. The zero-order chi connectivity index (χ0) is 20.2. The SMILES string of the molecule is CC(C)=CCC[C@@]1(C)OC(=O)N(CCOC23CC4CC(CC(C4)C2)C3)[C@@]1(C)O. The molecule has 5 rings (SSSR count). The summed E-state index contributed by atoms with van der Waals surface area (Å²) in [6, 6.07) is 0. The van der Waals surface area contributed by atoms with E-state index in [1.54, 1.807) is 6.92 Å². The van der Waals surface area contributed by atoms with Gasteiger partial charge < -0.3 is 14.6 Å². The van der Waals surface area contributed by atoms with E-state index in [2.05, 4.69) is 19.9 Å². The van der Waals surface area contributed by atoms with Gasteiger partial charge in [-0.3, -0.25) is 4.90 Å². The highest BCUT2D eigenvalue weighted by atomic mass is 16.6. The third-order valence-electron chi connectivity index (χ3n) is 7.94. The van der Waals surface area contributed by atoms with Crippen molar-refractivity contribution in [1.29, 1.82) is 0 Å². The average Bonchev–Trinajstić information content (AvgIpc) is 2.72. The predicted octanol–water partition coefficient (Wildman–Crippen LogP) is 4.64. The molecule has 0 unspecified atom stereocenters. The highest BCUT2D eigenvalue weighted by molar-refractivity contribution is 5.72. The third-order valence-corrected chi connectivity index (χ3v) is 7.94. The lowest BCUT2D eigenvalue weighted by atomic mass is 9.54. The van der Waals surface area contributed by atoms with Gasteiger partial charge in [0.2, 0.25) is 0 Å². The Morgan fingerprint density at radius 1 is 1.18 bits per heavy atom. The quantitative estimate of drug-likeness (QED) is 0.643. The zero-order valence-corrected chi connectivity index (χ0v) is 18.0. The van der Waals surface area contributed by atoms with Crippen LogP contribution >= 0.6 is 0 Å². The van der Waals surface area contributed by atoms with Crippen LogP contribution in [0.25, 0.3) is 0 Å². The molecule has 1 heterocycles. The predicted molar refractivity (Wildman–Crippen MR) is 108 cm³/mol.